The Kier molecular flexibility index (Phi) is 25.1. The fourth-order valence-corrected chi connectivity index (χ4v) is 18.7. The molecule has 0 aromatic heterocycles. The van der Waals surface area contributed by atoms with Crippen molar-refractivity contribution >= 4 is 34.1 Å². The third-order valence-corrected chi connectivity index (χ3v) is 25.2. The average molecular weight is 1760 g/mol. The molecule has 12 aromatic carbocycles. The molecule has 674 valence electrons. The van der Waals surface area contributed by atoms with Crippen molar-refractivity contribution in [1.82, 2.24) is 0 Å². The van der Waals surface area contributed by atoms with E-state index in [2.05, 4.69) is 104 Å². The highest BCUT2D eigenvalue weighted by Gasteiger charge is 2.54. The summed E-state index contributed by atoms with van der Waals surface area (Å²) in [7, 11) is 19.4. The van der Waals surface area contributed by atoms with Gasteiger partial charge in [-0.1, -0.05) is 105 Å². The van der Waals surface area contributed by atoms with Crippen LogP contribution in [-0.4, -0.2) is 144 Å². The minimum Gasteiger partial charge on any atom is -0.497 e. The Morgan fingerprint density at radius 3 is 0.800 bits per heavy atom. The Bertz CT molecular complexity index is 6060. The molecule has 24 nitrogen and oxygen atoms in total. The fourth-order valence-electron chi connectivity index (χ4n) is 18.7. The summed E-state index contributed by atoms with van der Waals surface area (Å²) in [5.74, 6) is 3.85. The van der Waals surface area contributed by atoms with Crippen LogP contribution in [0.2, 0.25) is 0 Å². The molecular formula is C106H109N3O21. The second-order valence-corrected chi connectivity index (χ2v) is 33.3. The lowest BCUT2D eigenvalue weighted by Gasteiger charge is -2.48. The van der Waals surface area contributed by atoms with Crippen molar-refractivity contribution < 1.29 is 99.5 Å². The van der Waals surface area contributed by atoms with Crippen LogP contribution in [0.25, 0.3) is 0 Å². The normalized spacial score (nSPS) is 18.4. The maximum atomic E-state index is 6.42. The molecule has 5 saturated heterocycles. The molecule has 24 heteroatoms. The number of hydrogen-bond acceptors (Lipinski definition) is 24. The van der Waals surface area contributed by atoms with Crippen molar-refractivity contribution in [3.05, 3.63) is 322 Å². The molecule has 0 atom stereocenters. The predicted octanol–water partition coefficient (Wildman–Crippen LogP) is 21.1. The largest absolute Gasteiger partial charge is 0.497 e. The van der Waals surface area contributed by atoms with Crippen molar-refractivity contribution in [2.45, 2.75) is 74.3 Å². The minimum absolute atomic E-state index is 0.00255. The number of para-hydroxylation sites is 6. The summed E-state index contributed by atoms with van der Waals surface area (Å²) in [5, 5.41) is 0. The lowest BCUT2D eigenvalue weighted by atomic mass is 9.86. The van der Waals surface area contributed by atoms with Gasteiger partial charge in [0, 0.05) is 91.2 Å². The van der Waals surface area contributed by atoms with Gasteiger partial charge in [0.05, 0.1) is 159 Å². The second kappa shape index (κ2) is 37.0. The number of methoxy groups -OCH3 is 8. The lowest BCUT2D eigenvalue weighted by molar-refractivity contribution is -0.284. The zero-order valence-corrected chi connectivity index (χ0v) is 75.6. The molecule has 12 aromatic rings. The monoisotopic (exact) mass is 1760 g/mol. The Morgan fingerprint density at radius 1 is 0.223 bits per heavy atom. The van der Waals surface area contributed by atoms with Crippen LogP contribution < -0.4 is 57.3 Å². The van der Waals surface area contributed by atoms with Gasteiger partial charge in [-0.25, -0.2) is 0 Å². The number of fused-ring (bicyclic) bond motifs is 22. The number of ether oxygens (including phenoxy) is 21. The van der Waals surface area contributed by atoms with E-state index in [0.29, 0.717) is 71.8 Å². The summed E-state index contributed by atoms with van der Waals surface area (Å²) >= 11 is 0. The molecule has 5 spiro atoms. The molecule has 11 heterocycles. The second-order valence-electron chi connectivity index (χ2n) is 33.3. The van der Waals surface area contributed by atoms with Crippen LogP contribution in [0.3, 0.4) is 0 Å². The van der Waals surface area contributed by atoms with Crippen LogP contribution in [0.4, 0.5) is 34.1 Å². The van der Waals surface area contributed by atoms with E-state index in [-0.39, 0.29) is 5.41 Å². The third-order valence-electron chi connectivity index (χ3n) is 25.2. The number of rotatable bonds is 8. The Balaban J connectivity index is 0.000000105. The Morgan fingerprint density at radius 2 is 0.462 bits per heavy atom. The van der Waals surface area contributed by atoms with Gasteiger partial charge in [-0.2, -0.15) is 0 Å². The van der Waals surface area contributed by atoms with Crippen molar-refractivity contribution in [2.24, 2.45) is 5.41 Å². The van der Waals surface area contributed by atoms with Gasteiger partial charge in [0.25, 0.3) is 0 Å². The van der Waals surface area contributed by atoms with Crippen molar-refractivity contribution in [2.75, 3.05) is 159 Å². The van der Waals surface area contributed by atoms with E-state index >= 15 is 0 Å². The average Bonchev–Trinajstić information content (AvgIpc) is 1.01. The number of nitrogens with zero attached hydrogens (tertiary/aromatic N) is 3. The van der Waals surface area contributed by atoms with Crippen molar-refractivity contribution in [3.8, 4) is 69.0 Å². The fraction of sp³-hybridized carbons (Fsp3) is 0.321. The number of anilines is 6. The molecule has 0 saturated carbocycles. The Hall–Kier alpha value is -12.2. The zero-order valence-electron chi connectivity index (χ0n) is 75.6. The highest BCUT2D eigenvalue weighted by Crippen LogP contribution is 2.59. The Labute approximate surface area is 758 Å². The first kappa shape index (κ1) is 88.4. The molecule has 0 amide bonds. The first-order valence-corrected chi connectivity index (χ1v) is 43.8. The van der Waals surface area contributed by atoms with Gasteiger partial charge in [-0.15, -0.1) is 0 Å². The van der Waals surface area contributed by atoms with Gasteiger partial charge in [-0.3, -0.25) is 0 Å². The SMILES string of the molecule is COc1ccc2c(c1)C(OC)(OC)c1ccccc1O2.COc1ccc2c(c1)C1(OCC(C)(C)CO1)c1ccccc1N2C.COc1ccc2c(c1)C1(OCCCCO1)c1ccccc1O2.COc1ccc2c(c1)C1(OCCCO1)c1ccccc1N2C.COc1ccc2c(c1)C1(OCCCO1)c1ccccc1O2.COc1ccc2c(c1)C1(OCCO1)c1ccccc1N2C. The quantitative estimate of drug-likeness (QED) is 0.130. The number of hydrogen-bond donors (Lipinski definition) is 0. The first-order valence-electron chi connectivity index (χ1n) is 43.8. The van der Waals surface area contributed by atoms with Gasteiger partial charge < -0.3 is 114 Å². The van der Waals surface area contributed by atoms with Gasteiger partial charge in [-0.05, 0) is 189 Å². The maximum Gasteiger partial charge on any atom is 0.229 e. The molecular weight excluding hydrogens is 1650 g/mol. The van der Waals surface area contributed by atoms with E-state index in [0.717, 1.165) is 190 Å². The summed E-state index contributed by atoms with van der Waals surface area (Å²) in [6, 6.07) is 83.3. The topological polar surface area (TPSA) is 204 Å². The summed E-state index contributed by atoms with van der Waals surface area (Å²) < 4.78 is 124. The highest BCUT2D eigenvalue weighted by atomic mass is 16.7. The molecule has 0 bridgehead atoms. The maximum absolute atomic E-state index is 6.42. The van der Waals surface area contributed by atoms with Crippen LogP contribution in [0.5, 0.6) is 69.0 Å². The van der Waals surface area contributed by atoms with E-state index in [1.54, 1.807) is 56.9 Å². The molecule has 23 rings (SSSR count). The lowest BCUT2D eigenvalue weighted by Crippen LogP contribution is -2.48. The standard InChI is InChI=1S/C20H23NO3.C18H19NO3.C18H18O4.C17H17NO3.C17H16O4.C16H16O4/c1-19(2)12-23-20(24-13-19)15-7-5-6-8-17(15)21(3)18-10-9-14(22-4)11-16(18)20;1-19-16-7-4-3-6-14(16)18(21-10-5-11-22-18)15-12-13(20-2)8-9-17(15)19;1-19-13-8-9-17-15(12-13)18(20-10-4-5-11-21-18)14-6-2-3-7-16(14)22-17;1-18-15-6-4-3-5-13(15)17(20-9-10-21-17)14-11-12(19-2)7-8-16(14)18;1-18-12-7-8-16-14(11-12)17(19-9-4-10-20-17)13-5-2-3-6-15(13)21-16;1-17-11-8-9-15-13(10-11)16(18-2,19-3)12-6-4-5-7-14(12)20-15/h5-11H,12-13H2,1-4H3;3-4,6-9,12H,5,10-11H2,1-2H3;2-3,6-9,12H,4-5,10-11H2,1H3;3-8,11H,9-10H2,1-2H3;2-3,5-8,11H,4,9-10H2,1H3;4-10H,1-3H3. The molecule has 0 radical (unpaired) electrons. The molecule has 5 fully saturated rings. The van der Waals surface area contributed by atoms with E-state index in [1.165, 1.54) is 0 Å². The molecule has 11 aliphatic heterocycles. The van der Waals surface area contributed by atoms with Crippen LogP contribution in [0, 0.1) is 5.41 Å². The smallest absolute Gasteiger partial charge is 0.229 e. The van der Waals surface area contributed by atoms with Crippen LogP contribution in [-0.2, 0) is 91.6 Å². The summed E-state index contributed by atoms with van der Waals surface area (Å²) in [6.45, 7) is 10.8. The van der Waals surface area contributed by atoms with Crippen molar-refractivity contribution in [1.29, 1.82) is 0 Å². The summed E-state index contributed by atoms with van der Waals surface area (Å²) in [4.78, 5) is 6.53. The van der Waals surface area contributed by atoms with Gasteiger partial charge in [0.2, 0.25) is 34.7 Å². The van der Waals surface area contributed by atoms with E-state index in [9.17, 15) is 0 Å². The zero-order chi connectivity index (χ0) is 90.0. The van der Waals surface area contributed by atoms with Crippen LogP contribution >= 0.6 is 0 Å². The van der Waals surface area contributed by atoms with E-state index in [1.807, 2.05) is 200 Å². The van der Waals surface area contributed by atoms with E-state index in [4.69, 9.17) is 99.5 Å². The molecule has 0 unspecified atom stereocenters. The molecule has 130 heavy (non-hydrogen) atoms. The molecule has 11 aliphatic rings. The van der Waals surface area contributed by atoms with Gasteiger partial charge >= 0.3 is 0 Å². The van der Waals surface area contributed by atoms with Crippen LogP contribution in [0.15, 0.2) is 255 Å². The predicted molar refractivity (Wildman–Crippen MR) is 491 cm³/mol. The molecule has 0 aliphatic carbocycles. The van der Waals surface area contributed by atoms with E-state index < -0.39 is 34.7 Å². The highest BCUT2D eigenvalue weighted by molar-refractivity contribution is 5.80. The molecule has 0 N–H and O–H groups in total. The third kappa shape index (κ3) is 15.7. The van der Waals surface area contributed by atoms with Crippen molar-refractivity contribution in [3.63, 3.8) is 0 Å². The minimum atomic E-state index is -0.987. The first-order chi connectivity index (χ1) is 63.4. The van der Waals surface area contributed by atoms with Crippen LogP contribution in [0.1, 0.15) is 106 Å². The van der Waals surface area contributed by atoms with Gasteiger partial charge in [0.15, 0.2) is 0 Å². The van der Waals surface area contributed by atoms with Gasteiger partial charge in [0.1, 0.15) is 69.0 Å². The number of benzene rings is 12. The summed E-state index contributed by atoms with van der Waals surface area (Å²) in [6.07, 6.45) is 3.79. The summed E-state index contributed by atoms with van der Waals surface area (Å²) in [5.41, 5.74) is 17.9.